The first-order valence-electron chi connectivity index (χ1n) is 7.12. The average Bonchev–Trinajstić information content (AvgIpc) is 2.41. The molecule has 0 aliphatic carbocycles. The summed E-state index contributed by atoms with van der Waals surface area (Å²) in [7, 11) is 1.95. The summed E-state index contributed by atoms with van der Waals surface area (Å²) in [6.45, 7) is 6.39. The second-order valence-electron chi connectivity index (χ2n) is 5.57. The molecule has 2 aromatic rings. The molecule has 0 saturated carbocycles. The van der Waals surface area contributed by atoms with Gasteiger partial charge in [-0.05, 0) is 78.5 Å². The SMILES string of the molecule is CNC(Cc1cccc(F)c1Br)c1c(C)cc(C)cc1C. The summed E-state index contributed by atoms with van der Waals surface area (Å²) < 4.78 is 14.2. The zero-order valence-electron chi connectivity index (χ0n) is 12.9. The van der Waals surface area contributed by atoms with E-state index >= 15 is 0 Å². The number of rotatable bonds is 4. The number of likely N-dealkylation sites (N-methyl/N-ethyl adjacent to an activating group) is 1. The Hall–Kier alpha value is -1.19. The van der Waals surface area contributed by atoms with Crippen LogP contribution in [0.3, 0.4) is 0 Å². The molecule has 0 aliphatic rings. The Morgan fingerprint density at radius 2 is 1.76 bits per heavy atom. The number of hydrogen-bond acceptors (Lipinski definition) is 1. The van der Waals surface area contributed by atoms with Crippen LogP contribution >= 0.6 is 15.9 Å². The van der Waals surface area contributed by atoms with Crippen LogP contribution in [0.5, 0.6) is 0 Å². The Labute approximate surface area is 134 Å². The zero-order valence-corrected chi connectivity index (χ0v) is 14.5. The van der Waals surface area contributed by atoms with Crippen LogP contribution in [0.4, 0.5) is 4.39 Å². The second kappa shape index (κ2) is 6.71. The first-order valence-corrected chi connectivity index (χ1v) is 7.91. The molecule has 0 aliphatic heterocycles. The van der Waals surface area contributed by atoms with E-state index in [1.807, 2.05) is 13.1 Å². The van der Waals surface area contributed by atoms with Gasteiger partial charge in [-0.15, -0.1) is 0 Å². The maximum Gasteiger partial charge on any atom is 0.137 e. The van der Waals surface area contributed by atoms with Crippen LogP contribution in [0.15, 0.2) is 34.8 Å². The van der Waals surface area contributed by atoms with Gasteiger partial charge in [-0.2, -0.15) is 0 Å². The topological polar surface area (TPSA) is 12.0 Å². The zero-order chi connectivity index (χ0) is 15.6. The van der Waals surface area contributed by atoms with Crippen LogP contribution in [0.1, 0.15) is 33.9 Å². The van der Waals surface area contributed by atoms with Gasteiger partial charge in [0, 0.05) is 6.04 Å². The third kappa shape index (κ3) is 3.53. The van der Waals surface area contributed by atoms with E-state index in [1.54, 1.807) is 6.07 Å². The smallest absolute Gasteiger partial charge is 0.137 e. The van der Waals surface area contributed by atoms with E-state index in [0.29, 0.717) is 4.47 Å². The van der Waals surface area contributed by atoms with Gasteiger partial charge < -0.3 is 5.32 Å². The molecular weight excluding hydrogens is 329 g/mol. The molecule has 0 bridgehead atoms. The molecule has 2 rings (SSSR count). The van der Waals surface area contributed by atoms with Crippen molar-refractivity contribution >= 4 is 15.9 Å². The normalized spacial score (nSPS) is 12.5. The Balaban J connectivity index is 2.39. The quantitative estimate of drug-likeness (QED) is 0.817. The van der Waals surface area contributed by atoms with Gasteiger partial charge in [0.25, 0.3) is 0 Å². The fraction of sp³-hybridized carbons (Fsp3) is 0.333. The molecule has 0 spiro atoms. The Kier molecular flexibility index (Phi) is 5.17. The lowest BCUT2D eigenvalue weighted by Gasteiger charge is -2.22. The molecule has 0 fully saturated rings. The molecule has 0 heterocycles. The molecule has 1 nitrogen and oxygen atoms in total. The monoisotopic (exact) mass is 349 g/mol. The van der Waals surface area contributed by atoms with Crippen LogP contribution in [0.25, 0.3) is 0 Å². The summed E-state index contributed by atoms with van der Waals surface area (Å²) in [6.07, 6.45) is 0.750. The van der Waals surface area contributed by atoms with Crippen molar-refractivity contribution in [3.8, 4) is 0 Å². The van der Waals surface area contributed by atoms with Crippen molar-refractivity contribution in [3.05, 3.63) is 68.4 Å². The lowest BCUT2D eigenvalue weighted by atomic mass is 9.90. The highest BCUT2D eigenvalue weighted by molar-refractivity contribution is 9.10. The molecule has 0 aromatic heterocycles. The van der Waals surface area contributed by atoms with Crippen LogP contribution < -0.4 is 5.32 Å². The fourth-order valence-electron chi connectivity index (χ4n) is 3.02. The highest BCUT2D eigenvalue weighted by atomic mass is 79.9. The molecule has 21 heavy (non-hydrogen) atoms. The largest absolute Gasteiger partial charge is 0.313 e. The third-order valence-electron chi connectivity index (χ3n) is 3.89. The average molecular weight is 350 g/mol. The van der Waals surface area contributed by atoms with Gasteiger partial charge in [-0.25, -0.2) is 4.39 Å². The number of nitrogens with one attached hydrogen (secondary N) is 1. The van der Waals surface area contributed by atoms with E-state index in [9.17, 15) is 4.39 Å². The van der Waals surface area contributed by atoms with Crippen molar-refractivity contribution < 1.29 is 4.39 Å². The number of benzene rings is 2. The maximum atomic E-state index is 13.7. The minimum atomic E-state index is -0.209. The predicted octanol–water partition coefficient (Wildman–Crippen LogP) is 5.02. The summed E-state index contributed by atoms with van der Waals surface area (Å²) in [6, 6.07) is 9.78. The lowest BCUT2D eigenvalue weighted by molar-refractivity contribution is 0.575. The summed E-state index contributed by atoms with van der Waals surface area (Å²) in [4.78, 5) is 0. The predicted molar refractivity (Wildman–Crippen MR) is 90.3 cm³/mol. The molecule has 3 heteroatoms. The minimum absolute atomic E-state index is 0.170. The van der Waals surface area contributed by atoms with Crippen molar-refractivity contribution in [2.45, 2.75) is 33.2 Å². The standard InChI is InChI=1S/C18H21BrFN/c1-11-8-12(2)17(13(3)9-11)16(21-4)10-14-6-5-7-15(20)18(14)19/h5-9,16,21H,10H2,1-4H3. The van der Waals surface area contributed by atoms with Crippen molar-refractivity contribution in [2.75, 3.05) is 7.05 Å². The number of halogens is 2. The molecular formula is C18H21BrFN. The first-order chi connectivity index (χ1) is 9.93. The maximum absolute atomic E-state index is 13.7. The fourth-order valence-corrected chi connectivity index (χ4v) is 3.44. The van der Waals surface area contributed by atoms with E-state index in [2.05, 4.69) is 54.2 Å². The van der Waals surface area contributed by atoms with Crippen LogP contribution in [0.2, 0.25) is 0 Å². The van der Waals surface area contributed by atoms with Gasteiger partial charge >= 0.3 is 0 Å². The molecule has 0 radical (unpaired) electrons. The lowest BCUT2D eigenvalue weighted by Crippen LogP contribution is -2.21. The third-order valence-corrected chi connectivity index (χ3v) is 4.78. The van der Waals surface area contributed by atoms with Crippen LogP contribution in [0, 0.1) is 26.6 Å². The van der Waals surface area contributed by atoms with Crippen molar-refractivity contribution in [1.82, 2.24) is 5.32 Å². The van der Waals surface area contributed by atoms with Crippen LogP contribution in [-0.4, -0.2) is 7.05 Å². The van der Waals surface area contributed by atoms with Gasteiger partial charge in [0.2, 0.25) is 0 Å². The van der Waals surface area contributed by atoms with Crippen molar-refractivity contribution in [2.24, 2.45) is 0 Å². The van der Waals surface area contributed by atoms with E-state index in [-0.39, 0.29) is 11.9 Å². The summed E-state index contributed by atoms with van der Waals surface area (Å²) in [5.74, 6) is -0.209. The molecule has 2 aromatic carbocycles. The van der Waals surface area contributed by atoms with Gasteiger partial charge in [-0.1, -0.05) is 29.8 Å². The highest BCUT2D eigenvalue weighted by Crippen LogP contribution is 2.29. The van der Waals surface area contributed by atoms with Gasteiger partial charge in [-0.3, -0.25) is 0 Å². The van der Waals surface area contributed by atoms with E-state index in [0.717, 1.165) is 12.0 Å². The number of aryl methyl sites for hydroxylation is 3. The molecule has 0 amide bonds. The molecule has 112 valence electrons. The van der Waals surface area contributed by atoms with Gasteiger partial charge in [0.1, 0.15) is 5.82 Å². The number of hydrogen-bond donors (Lipinski definition) is 1. The van der Waals surface area contributed by atoms with Crippen molar-refractivity contribution in [3.63, 3.8) is 0 Å². The first kappa shape index (κ1) is 16.2. The highest BCUT2D eigenvalue weighted by Gasteiger charge is 2.17. The summed E-state index contributed by atoms with van der Waals surface area (Å²) in [5.41, 5.74) is 6.11. The van der Waals surface area contributed by atoms with E-state index in [4.69, 9.17) is 0 Å². The molecule has 1 N–H and O–H groups in total. The second-order valence-corrected chi connectivity index (χ2v) is 6.36. The van der Waals surface area contributed by atoms with Crippen LogP contribution in [-0.2, 0) is 6.42 Å². The summed E-state index contributed by atoms with van der Waals surface area (Å²) in [5, 5.41) is 3.37. The van der Waals surface area contributed by atoms with Crippen molar-refractivity contribution in [1.29, 1.82) is 0 Å². The molecule has 1 atom stereocenters. The Bertz CT molecular complexity index is 629. The molecule has 1 unspecified atom stereocenters. The van der Waals surface area contributed by atoms with E-state index in [1.165, 1.54) is 28.3 Å². The Morgan fingerprint density at radius 1 is 1.14 bits per heavy atom. The Morgan fingerprint density at radius 3 is 2.33 bits per heavy atom. The van der Waals surface area contributed by atoms with Gasteiger partial charge in [0.15, 0.2) is 0 Å². The van der Waals surface area contributed by atoms with Gasteiger partial charge in [0.05, 0.1) is 4.47 Å². The molecule has 0 saturated heterocycles. The minimum Gasteiger partial charge on any atom is -0.313 e. The summed E-state index contributed by atoms with van der Waals surface area (Å²) >= 11 is 3.36. The van der Waals surface area contributed by atoms with E-state index < -0.39 is 0 Å².